The number of urea groups is 1. The van der Waals surface area contributed by atoms with E-state index in [1.807, 2.05) is 28.7 Å². The van der Waals surface area contributed by atoms with E-state index in [-0.39, 0.29) is 18.2 Å². The largest absolute Gasteiger partial charge is 0.493 e. The monoisotopic (exact) mass is 551 g/mol. The van der Waals surface area contributed by atoms with Crippen molar-refractivity contribution in [1.29, 1.82) is 0 Å². The van der Waals surface area contributed by atoms with E-state index in [0.29, 0.717) is 31.2 Å². The SMILES string of the molecule is COc1cc(/C=C2/NC(=O)N(CC(=O)O)C2=O)cc(I)c1OCC(=O)Nc1ccccc1. The third-order valence-corrected chi connectivity index (χ3v) is 5.02. The highest BCUT2D eigenvalue weighted by atomic mass is 127. The van der Waals surface area contributed by atoms with Gasteiger partial charge in [0.2, 0.25) is 0 Å². The Bertz CT molecular complexity index is 1100. The standard InChI is InChI=1S/C21H18IN3O7/c1-31-16-9-12(8-15-20(29)25(10-18(27)28)21(30)24-15)7-14(22)19(16)32-11-17(26)23-13-5-3-2-4-6-13/h2-9H,10-11H2,1H3,(H,23,26)(H,24,30)(H,27,28)/b15-8+. The molecule has 1 heterocycles. The molecular formula is C21H18IN3O7. The molecule has 4 amide bonds. The minimum absolute atomic E-state index is 0.0648. The third kappa shape index (κ3) is 5.55. The quantitative estimate of drug-likeness (QED) is 0.261. The lowest BCUT2D eigenvalue weighted by Gasteiger charge is -2.14. The molecule has 0 aliphatic carbocycles. The topological polar surface area (TPSA) is 134 Å². The van der Waals surface area contributed by atoms with Gasteiger partial charge >= 0.3 is 12.0 Å². The van der Waals surface area contributed by atoms with Crippen LogP contribution in [0.4, 0.5) is 10.5 Å². The maximum absolute atomic E-state index is 12.3. The molecule has 11 heteroatoms. The van der Waals surface area contributed by atoms with Gasteiger partial charge in [-0.15, -0.1) is 0 Å². The number of ether oxygens (including phenoxy) is 2. The molecule has 3 rings (SSSR count). The zero-order chi connectivity index (χ0) is 23.3. The Balaban J connectivity index is 1.74. The van der Waals surface area contributed by atoms with Gasteiger partial charge in [0.05, 0.1) is 10.7 Å². The molecule has 1 aliphatic heterocycles. The summed E-state index contributed by atoms with van der Waals surface area (Å²) in [6.45, 7) is -0.985. The summed E-state index contributed by atoms with van der Waals surface area (Å²) in [6.07, 6.45) is 1.40. The first-order chi connectivity index (χ1) is 15.3. The summed E-state index contributed by atoms with van der Waals surface area (Å²) in [6, 6.07) is 11.4. The lowest BCUT2D eigenvalue weighted by molar-refractivity contribution is -0.140. The van der Waals surface area contributed by atoms with Crippen LogP contribution in [0.15, 0.2) is 48.2 Å². The van der Waals surface area contributed by atoms with Crippen LogP contribution in [0.2, 0.25) is 0 Å². The number of para-hydroxylation sites is 1. The zero-order valence-corrected chi connectivity index (χ0v) is 18.9. The van der Waals surface area contributed by atoms with Gasteiger partial charge in [0.15, 0.2) is 18.1 Å². The van der Waals surface area contributed by atoms with Gasteiger partial charge in [0.1, 0.15) is 12.2 Å². The Hall–Kier alpha value is -3.61. The Morgan fingerprint density at radius 2 is 1.94 bits per heavy atom. The molecule has 1 saturated heterocycles. The number of hydrogen-bond donors (Lipinski definition) is 3. The van der Waals surface area contributed by atoms with Crippen LogP contribution < -0.4 is 20.1 Å². The van der Waals surface area contributed by atoms with Gasteiger partial charge in [-0.3, -0.25) is 14.4 Å². The van der Waals surface area contributed by atoms with Crippen molar-refractivity contribution in [3.05, 3.63) is 57.3 Å². The number of carbonyl (C=O) groups is 4. The number of methoxy groups -OCH3 is 1. The fourth-order valence-corrected chi connectivity index (χ4v) is 3.62. The number of imide groups is 1. The zero-order valence-electron chi connectivity index (χ0n) is 16.8. The molecule has 166 valence electrons. The fourth-order valence-electron chi connectivity index (χ4n) is 2.84. The van der Waals surface area contributed by atoms with Crippen molar-refractivity contribution in [3.63, 3.8) is 0 Å². The molecular weight excluding hydrogens is 533 g/mol. The maximum atomic E-state index is 12.3. The minimum atomic E-state index is -1.30. The highest BCUT2D eigenvalue weighted by Gasteiger charge is 2.34. The van der Waals surface area contributed by atoms with Crippen LogP contribution >= 0.6 is 22.6 Å². The minimum Gasteiger partial charge on any atom is -0.493 e. The summed E-state index contributed by atoms with van der Waals surface area (Å²) in [4.78, 5) is 47.7. The van der Waals surface area contributed by atoms with E-state index < -0.39 is 24.5 Å². The van der Waals surface area contributed by atoms with Crippen LogP contribution in [0, 0.1) is 3.57 Å². The summed E-state index contributed by atoms with van der Waals surface area (Å²) in [5.41, 5.74) is 1.09. The van der Waals surface area contributed by atoms with E-state index in [0.717, 1.165) is 0 Å². The number of nitrogens with zero attached hydrogens (tertiary/aromatic N) is 1. The number of halogens is 1. The number of aliphatic carboxylic acids is 1. The van der Waals surface area contributed by atoms with Gasteiger partial charge in [-0.2, -0.15) is 0 Å². The molecule has 0 bridgehead atoms. The predicted molar refractivity (Wildman–Crippen MR) is 122 cm³/mol. The number of amides is 4. The van der Waals surface area contributed by atoms with Crippen molar-refractivity contribution in [3.8, 4) is 11.5 Å². The Kier molecular flexibility index (Phi) is 7.30. The smallest absolute Gasteiger partial charge is 0.329 e. The lowest BCUT2D eigenvalue weighted by atomic mass is 10.1. The molecule has 0 radical (unpaired) electrons. The van der Waals surface area contributed by atoms with Crippen LogP contribution in [-0.2, 0) is 14.4 Å². The number of nitrogens with one attached hydrogen (secondary N) is 2. The van der Waals surface area contributed by atoms with Gasteiger partial charge < -0.3 is 25.2 Å². The third-order valence-electron chi connectivity index (χ3n) is 4.22. The van der Waals surface area contributed by atoms with Gasteiger partial charge in [0.25, 0.3) is 11.8 Å². The van der Waals surface area contributed by atoms with Crippen molar-refractivity contribution < 1.29 is 33.8 Å². The number of anilines is 1. The summed E-state index contributed by atoms with van der Waals surface area (Å²) in [5.74, 6) is -1.74. The van der Waals surface area contributed by atoms with Crippen LogP contribution in [0.3, 0.4) is 0 Å². The van der Waals surface area contributed by atoms with E-state index in [1.165, 1.54) is 13.2 Å². The van der Waals surface area contributed by atoms with Gasteiger partial charge in [0, 0.05) is 5.69 Å². The van der Waals surface area contributed by atoms with Crippen LogP contribution in [0.25, 0.3) is 6.08 Å². The molecule has 0 unspecified atom stereocenters. The molecule has 2 aromatic carbocycles. The van der Waals surface area contributed by atoms with E-state index in [4.69, 9.17) is 14.6 Å². The molecule has 1 aliphatic rings. The molecule has 0 atom stereocenters. The number of hydrogen-bond acceptors (Lipinski definition) is 6. The van der Waals surface area contributed by atoms with Crippen LogP contribution in [0.1, 0.15) is 5.56 Å². The molecule has 0 saturated carbocycles. The average molecular weight is 551 g/mol. The molecule has 2 aromatic rings. The molecule has 10 nitrogen and oxygen atoms in total. The normalized spacial score (nSPS) is 14.3. The summed E-state index contributed by atoms with van der Waals surface area (Å²) >= 11 is 2.00. The van der Waals surface area contributed by atoms with E-state index in [2.05, 4.69) is 10.6 Å². The number of carbonyl (C=O) groups excluding carboxylic acids is 3. The second kappa shape index (κ2) is 10.1. The maximum Gasteiger partial charge on any atom is 0.329 e. The highest BCUT2D eigenvalue weighted by molar-refractivity contribution is 14.1. The first kappa shape index (κ1) is 23.1. The van der Waals surface area contributed by atoms with Gasteiger partial charge in [-0.05, 0) is 58.5 Å². The van der Waals surface area contributed by atoms with E-state index in [1.54, 1.807) is 36.4 Å². The molecule has 3 N–H and O–H groups in total. The predicted octanol–water partition coefficient (Wildman–Crippen LogP) is 2.29. The summed E-state index contributed by atoms with van der Waals surface area (Å²) < 4.78 is 11.6. The molecule has 32 heavy (non-hydrogen) atoms. The Morgan fingerprint density at radius 3 is 2.59 bits per heavy atom. The number of carboxylic acid groups (broad SMARTS) is 1. The first-order valence-electron chi connectivity index (χ1n) is 9.20. The molecule has 1 fully saturated rings. The average Bonchev–Trinajstić information content (AvgIpc) is 3.00. The van der Waals surface area contributed by atoms with Crippen molar-refractivity contribution in [1.82, 2.24) is 10.2 Å². The Labute approximate surface area is 196 Å². The van der Waals surface area contributed by atoms with E-state index in [9.17, 15) is 19.2 Å². The van der Waals surface area contributed by atoms with Crippen LogP contribution in [-0.4, -0.2) is 54.1 Å². The number of rotatable bonds is 8. The van der Waals surface area contributed by atoms with Crippen molar-refractivity contribution in [2.24, 2.45) is 0 Å². The van der Waals surface area contributed by atoms with Crippen molar-refractivity contribution in [2.75, 3.05) is 25.6 Å². The second-order valence-corrected chi connectivity index (χ2v) is 7.67. The van der Waals surface area contributed by atoms with Crippen molar-refractivity contribution >= 4 is 58.2 Å². The van der Waals surface area contributed by atoms with Crippen molar-refractivity contribution in [2.45, 2.75) is 0 Å². The fraction of sp³-hybridized carbons (Fsp3) is 0.143. The second-order valence-electron chi connectivity index (χ2n) is 6.51. The highest BCUT2D eigenvalue weighted by Crippen LogP contribution is 2.34. The van der Waals surface area contributed by atoms with Gasteiger partial charge in [-0.25, -0.2) is 9.69 Å². The van der Waals surface area contributed by atoms with Crippen LogP contribution in [0.5, 0.6) is 11.5 Å². The summed E-state index contributed by atoms with van der Waals surface area (Å²) in [5, 5.41) is 13.9. The molecule has 0 spiro atoms. The van der Waals surface area contributed by atoms with E-state index >= 15 is 0 Å². The number of benzene rings is 2. The first-order valence-corrected chi connectivity index (χ1v) is 10.3. The lowest BCUT2D eigenvalue weighted by Crippen LogP contribution is -2.35. The molecule has 0 aromatic heterocycles. The Morgan fingerprint density at radius 1 is 1.22 bits per heavy atom. The summed E-state index contributed by atoms with van der Waals surface area (Å²) in [7, 11) is 1.43. The van der Waals surface area contributed by atoms with Gasteiger partial charge in [-0.1, -0.05) is 18.2 Å². The number of carboxylic acids is 1.